The van der Waals surface area contributed by atoms with E-state index < -0.39 is 0 Å². The van der Waals surface area contributed by atoms with Crippen molar-refractivity contribution in [1.82, 2.24) is 4.98 Å². The molecule has 4 aliphatic carbocycles. The number of rotatable bonds is 1. The van der Waals surface area contributed by atoms with Gasteiger partial charge in [-0.05, 0) is 73.3 Å². The summed E-state index contributed by atoms with van der Waals surface area (Å²) >= 11 is 6.11. The smallest absolute Gasteiger partial charge is 0.147 e. The number of nitrogens with zero attached hydrogens (tertiary/aromatic N) is 2. The number of nitriles is 1. The molecule has 2 nitrogen and oxygen atoms in total. The van der Waals surface area contributed by atoms with Gasteiger partial charge in [0, 0.05) is 6.20 Å². The van der Waals surface area contributed by atoms with Crippen LogP contribution in [0.4, 0.5) is 0 Å². The highest BCUT2D eigenvalue weighted by Crippen LogP contribution is 2.60. The molecule has 98 valence electrons. The summed E-state index contributed by atoms with van der Waals surface area (Å²) in [4.78, 5) is 4.07. The Morgan fingerprint density at radius 2 is 1.74 bits per heavy atom. The predicted octanol–water partition coefficient (Wildman–Crippen LogP) is 4.15. The summed E-state index contributed by atoms with van der Waals surface area (Å²) in [5.41, 5.74) is 1.80. The highest BCUT2D eigenvalue weighted by molar-refractivity contribution is 6.30. The van der Waals surface area contributed by atoms with Gasteiger partial charge in [0.1, 0.15) is 11.2 Å². The maximum Gasteiger partial charge on any atom is 0.147 e. The molecule has 19 heavy (non-hydrogen) atoms. The van der Waals surface area contributed by atoms with E-state index in [1.165, 1.54) is 37.7 Å². The Morgan fingerprint density at radius 3 is 2.32 bits per heavy atom. The SMILES string of the molecule is N#Cc1c(C2C3CC4CC(C3)CC2C4)ccnc1Cl. The van der Waals surface area contributed by atoms with Crippen LogP contribution in [0.5, 0.6) is 0 Å². The molecular weight excluding hydrogens is 256 g/mol. The largest absolute Gasteiger partial charge is 0.243 e. The number of hydrogen-bond acceptors (Lipinski definition) is 2. The van der Waals surface area contributed by atoms with Crippen LogP contribution in [-0.2, 0) is 0 Å². The minimum atomic E-state index is 0.383. The maximum atomic E-state index is 9.38. The van der Waals surface area contributed by atoms with E-state index in [0.717, 1.165) is 23.7 Å². The van der Waals surface area contributed by atoms with Crippen LogP contribution in [0.15, 0.2) is 12.3 Å². The van der Waals surface area contributed by atoms with Crippen LogP contribution in [0, 0.1) is 35.0 Å². The molecule has 0 unspecified atom stereocenters. The molecule has 0 saturated heterocycles. The molecule has 1 heterocycles. The molecule has 5 rings (SSSR count). The Hall–Kier alpha value is -1.07. The van der Waals surface area contributed by atoms with Crippen molar-refractivity contribution in [1.29, 1.82) is 5.26 Å². The molecule has 0 amide bonds. The summed E-state index contributed by atoms with van der Waals surface area (Å²) in [5.74, 6) is 4.04. The number of halogens is 1. The van der Waals surface area contributed by atoms with E-state index in [0.29, 0.717) is 16.6 Å². The van der Waals surface area contributed by atoms with Crippen LogP contribution >= 0.6 is 11.6 Å². The Morgan fingerprint density at radius 1 is 1.11 bits per heavy atom. The molecule has 1 aromatic heterocycles. The Balaban J connectivity index is 1.77. The van der Waals surface area contributed by atoms with E-state index in [-0.39, 0.29) is 0 Å². The number of aromatic nitrogens is 1. The van der Waals surface area contributed by atoms with E-state index in [1.807, 2.05) is 6.07 Å². The lowest BCUT2D eigenvalue weighted by molar-refractivity contribution is -0.00288. The second kappa shape index (κ2) is 4.21. The van der Waals surface area contributed by atoms with Crippen molar-refractivity contribution >= 4 is 11.6 Å². The lowest BCUT2D eigenvalue weighted by atomic mass is 9.50. The van der Waals surface area contributed by atoms with Crippen molar-refractivity contribution in [2.24, 2.45) is 23.7 Å². The third kappa shape index (κ3) is 1.71. The van der Waals surface area contributed by atoms with Gasteiger partial charge in [0.05, 0.1) is 5.56 Å². The lowest BCUT2D eigenvalue weighted by Gasteiger charge is -2.54. The van der Waals surface area contributed by atoms with Crippen molar-refractivity contribution in [2.75, 3.05) is 0 Å². The molecule has 4 aliphatic rings. The van der Waals surface area contributed by atoms with Gasteiger partial charge < -0.3 is 0 Å². The quantitative estimate of drug-likeness (QED) is 0.720. The zero-order valence-electron chi connectivity index (χ0n) is 10.8. The number of hydrogen-bond donors (Lipinski definition) is 0. The average Bonchev–Trinajstić information content (AvgIpc) is 2.37. The molecule has 1 aromatic rings. The first-order chi connectivity index (χ1) is 9.26. The Bertz CT molecular complexity index is 532. The monoisotopic (exact) mass is 272 g/mol. The second-order valence-corrected chi connectivity index (χ2v) is 6.99. The highest BCUT2D eigenvalue weighted by atomic mass is 35.5. The topological polar surface area (TPSA) is 36.7 Å². The highest BCUT2D eigenvalue weighted by Gasteiger charge is 2.49. The molecule has 0 N–H and O–H groups in total. The molecule has 4 bridgehead atoms. The van der Waals surface area contributed by atoms with Gasteiger partial charge in [0.2, 0.25) is 0 Å². The fraction of sp³-hybridized carbons (Fsp3) is 0.625. The third-order valence-corrected chi connectivity index (χ3v) is 5.92. The Kier molecular flexibility index (Phi) is 2.60. The molecule has 4 saturated carbocycles. The van der Waals surface area contributed by atoms with Crippen molar-refractivity contribution in [3.63, 3.8) is 0 Å². The summed E-state index contributed by atoms with van der Waals surface area (Å²) < 4.78 is 0. The van der Waals surface area contributed by atoms with Crippen molar-refractivity contribution in [3.8, 4) is 6.07 Å². The van der Waals surface area contributed by atoms with Crippen LogP contribution in [-0.4, -0.2) is 4.98 Å². The van der Waals surface area contributed by atoms with Gasteiger partial charge in [0.25, 0.3) is 0 Å². The van der Waals surface area contributed by atoms with Crippen LogP contribution in [0.1, 0.15) is 49.1 Å². The molecule has 3 heteroatoms. The lowest BCUT2D eigenvalue weighted by Crippen LogP contribution is -2.44. The summed E-state index contributed by atoms with van der Waals surface area (Å²) in [6.45, 7) is 0. The first kappa shape index (κ1) is 11.7. The van der Waals surface area contributed by atoms with Gasteiger partial charge >= 0.3 is 0 Å². The van der Waals surface area contributed by atoms with Gasteiger partial charge in [-0.2, -0.15) is 5.26 Å². The third-order valence-electron chi connectivity index (χ3n) is 5.63. The van der Waals surface area contributed by atoms with Crippen molar-refractivity contribution < 1.29 is 0 Å². The number of pyridine rings is 1. The zero-order chi connectivity index (χ0) is 13.0. The van der Waals surface area contributed by atoms with Gasteiger partial charge in [-0.25, -0.2) is 4.98 Å². The van der Waals surface area contributed by atoms with E-state index in [2.05, 4.69) is 11.1 Å². The minimum Gasteiger partial charge on any atom is -0.243 e. The maximum absolute atomic E-state index is 9.38. The first-order valence-corrected chi connectivity index (χ1v) is 7.68. The van der Waals surface area contributed by atoms with Gasteiger partial charge in [0.15, 0.2) is 0 Å². The molecular formula is C16H17ClN2. The summed E-state index contributed by atoms with van der Waals surface area (Å²) in [7, 11) is 0. The van der Waals surface area contributed by atoms with E-state index in [1.54, 1.807) is 6.20 Å². The van der Waals surface area contributed by atoms with Crippen LogP contribution in [0.25, 0.3) is 0 Å². The van der Waals surface area contributed by atoms with E-state index >= 15 is 0 Å². The van der Waals surface area contributed by atoms with Crippen LogP contribution < -0.4 is 0 Å². The first-order valence-electron chi connectivity index (χ1n) is 7.30. The summed E-state index contributed by atoms with van der Waals surface area (Å²) in [5, 5.41) is 9.76. The fourth-order valence-corrected chi connectivity index (χ4v) is 5.48. The van der Waals surface area contributed by atoms with Gasteiger partial charge in [-0.3, -0.25) is 0 Å². The van der Waals surface area contributed by atoms with Gasteiger partial charge in [-0.15, -0.1) is 0 Å². The average molecular weight is 273 g/mol. The zero-order valence-corrected chi connectivity index (χ0v) is 11.6. The molecule has 0 spiro atoms. The second-order valence-electron chi connectivity index (χ2n) is 6.63. The predicted molar refractivity (Wildman–Crippen MR) is 73.7 cm³/mol. The van der Waals surface area contributed by atoms with Crippen LogP contribution in [0.3, 0.4) is 0 Å². The van der Waals surface area contributed by atoms with E-state index in [9.17, 15) is 5.26 Å². The fourth-order valence-electron chi connectivity index (χ4n) is 5.27. The van der Waals surface area contributed by atoms with Crippen molar-refractivity contribution in [3.05, 3.63) is 28.5 Å². The van der Waals surface area contributed by atoms with Crippen LogP contribution in [0.2, 0.25) is 5.15 Å². The Labute approximate surface area is 118 Å². The summed E-state index contributed by atoms with van der Waals surface area (Å²) in [6.07, 6.45) is 8.68. The van der Waals surface area contributed by atoms with E-state index in [4.69, 9.17) is 11.6 Å². The normalized spacial score (nSPS) is 39.3. The molecule has 0 radical (unpaired) electrons. The minimum absolute atomic E-state index is 0.383. The summed E-state index contributed by atoms with van der Waals surface area (Å²) in [6, 6.07) is 4.32. The molecule has 0 atom stereocenters. The van der Waals surface area contributed by atoms with Gasteiger partial charge in [-0.1, -0.05) is 11.6 Å². The molecule has 4 fully saturated rings. The molecule has 0 aliphatic heterocycles. The molecule has 0 aromatic carbocycles. The van der Waals surface area contributed by atoms with Crippen molar-refractivity contribution in [2.45, 2.75) is 38.0 Å². The standard InChI is InChI=1S/C16H17ClN2/c17-16-14(8-18)13(1-2-19-16)15-11-4-9-3-10(6-11)7-12(15)5-9/h1-2,9-12,15H,3-7H2.